The minimum absolute atomic E-state index is 0.254. The maximum Gasteiger partial charge on any atom is 0.255 e. The van der Waals surface area contributed by atoms with Gasteiger partial charge >= 0.3 is 0 Å². The molecule has 0 bridgehead atoms. The smallest absolute Gasteiger partial charge is 0.255 e. The zero-order chi connectivity index (χ0) is 24.6. The highest BCUT2D eigenvalue weighted by Crippen LogP contribution is 2.42. The number of nitrogens with zero attached hydrogens (tertiary/aromatic N) is 1. The number of fused-ring (bicyclic) bond motifs is 1. The zero-order valence-corrected chi connectivity index (χ0v) is 19.7. The van der Waals surface area contributed by atoms with Gasteiger partial charge in [0, 0.05) is 37.7 Å². The highest BCUT2D eigenvalue weighted by atomic mass is 32.2. The number of halogens is 1. The summed E-state index contributed by atoms with van der Waals surface area (Å²) in [5, 5.41) is 3.16. The van der Waals surface area contributed by atoms with Crippen LogP contribution in [0.25, 0.3) is 33.4 Å². The van der Waals surface area contributed by atoms with Crippen LogP contribution >= 0.6 is 0 Å². The molecule has 0 aliphatic carbocycles. The molecule has 3 N–H and O–H groups in total. The van der Waals surface area contributed by atoms with E-state index in [9.17, 15) is 17.6 Å². The Bertz CT molecular complexity index is 1490. The maximum absolute atomic E-state index is 13.6. The van der Waals surface area contributed by atoms with Crippen LogP contribution in [0.5, 0.6) is 0 Å². The number of carbonyl (C=O) groups excluding carboxylic acids is 1. The Hall–Kier alpha value is -3.69. The van der Waals surface area contributed by atoms with Gasteiger partial charge < -0.3 is 15.5 Å². The average molecular weight is 482 g/mol. The lowest BCUT2D eigenvalue weighted by atomic mass is 9.95. The van der Waals surface area contributed by atoms with E-state index in [1.807, 2.05) is 24.3 Å². The number of hydrogen-bond donors (Lipinski definition) is 2. The van der Waals surface area contributed by atoms with Gasteiger partial charge in [-0.15, -0.1) is 0 Å². The highest BCUT2D eigenvalue weighted by Gasteiger charge is 2.26. The third kappa shape index (κ3) is 4.27. The van der Waals surface area contributed by atoms with Gasteiger partial charge in [0.15, 0.2) is 0 Å². The lowest BCUT2D eigenvalue weighted by Crippen LogP contribution is -2.24. The number of rotatable bonds is 6. The van der Waals surface area contributed by atoms with Crippen molar-refractivity contribution in [2.75, 3.05) is 24.7 Å². The van der Waals surface area contributed by atoms with Gasteiger partial charge in [0.1, 0.15) is 17.2 Å². The molecule has 0 unspecified atom stereocenters. The van der Waals surface area contributed by atoms with Gasteiger partial charge in [0.2, 0.25) is 10.0 Å². The first-order chi connectivity index (χ1) is 16.1. The fourth-order valence-electron chi connectivity index (χ4n) is 3.83. The fraction of sp³-hybridized carbons (Fsp3) is 0.160. The van der Waals surface area contributed by atoms with E-state index in [0.717, 1.165) is 21.7 Å². The van der Waals surface area contributed by atoms with E-state index in [0.29, 0.717) is 34.3 Å². The first kappa shape index (κ1) is 23.5. The van der Waals surface area contributed by atoms with Crippen molar-refractivity contribution in [3.05, 3.63) is 77.6 Å². The van der Waals surface area contributed by atoms with Crippen LogP contribution in [0.2, 0.25) is 0 Å². The van der Waals surface area contributed by atoms with E-state index in [2.05, 4.69) is 5.32 Å². The minimum Gasteiger partial charge on any atom is -0.455 e. The second kappa shape index (κ2) is 8.92. The van der Waals surface area contributed by atoms with Gasteiger partial charge in [-0.25, -0.2) is 12.8 Å². The Morgan fingerprint density at radius 2 is 1.79 bits per heavy atom. The minimum atomic E-state index is -3.57. The summed E-state index contributed by atoms with van der Waals surface area (Å²) in [6.45, 7) is 0.314. The van der Waals surface area contributed by atoms with Crippen LogP contribution < -0.4 is 15.4 Å². The lowest BCUT2D eigenvalue weighted by Gasteiger charge is -2.18. The van der Waals surface area contributed by atoms with E-state index in [-0.39, 0.29) is 11.3 Å². The Kier molecular flexibility index (Phi) is 6.16. The van der Waals surface area contributed by atoms with Crippen LogP contribution in [0.3, 0.4) is 0 Å². The Labute approximate surface area is 197 Å². The molecular formula is C25H24FN3O4S. The van der Waals surface area contributed by atoms with Gasteiger partial charge in [-0.3, -0.25) is 9.10 Å². The molecule has 3 aromatic carbocycles. The van der Waals surface area contributed by atoms with Crippen molar-refractivity contribution in [2.24, 2.45) is 5.73 Å². The number of furan rings is 1. The number of nitrogens with two attached hydrogens (primary N) is 1. The highest BCUT2D eigenvalue weighted by molar-refractivity contribution is 7.92. The number of benzene rings is 3. The quantitative estimate of drug-likeness (QED) is 0.431. The van der Waals surface area contributed by atoms with Gasteiger partial charge in [0.25, 0.3) is 5.91 Å². The molecule has 1 aromatic heterocycles. The van der Waals surface area contributed by atoms with Crippen molar-refractivity contribution >= 4 is 32.6 Å². The summed E-state index contributed by atoms with van der Waals surface area (Å²) in [7, 11) is -0.612. The normalized spacial score (nSPS) is 11.6. The maximum atomic E-state index is 13.6. The predicted molar refractivity (Wildman–Crippen MR) is 132 cm³/mol. The summed E-state index contributed by atoms with van der Waals surface area (Å²) in [5.74, 6) is -0.555. The number of carbonyl (C=O) groups is 1. The molecule has 1 heterocycles. The van der Waals surface area contributed by atoms with Crippen LogP contribution in [0.15, 0.2) is 65.1 Å². The Balaban J connectivity index is 2.13. The van der Waals surface area contributed by atoms with Gasteiger partial charge in [-0.05, 0) is 53.1 Å². The molecule has 176 valence electrons. The van der Waals surface area contributed by atoms with Gasteiger partial charge in [0.05, 0.1) is 17.5 Å². The van der Waals surface area contributed by atoms with Crippen LogP contribution in [-0.2, 0) is 16.6 Å². The molecule has 9 heteroatoms. The summed E-state index contributed by atoms with van der Waals surface area (Å²) < 4.78 is 45.4. The standard InChI is InChI=1S/C25H24FN3O4S/c1-28-25(30)23-22-20(17-6-4-5-15(11-17)14-27)12-19(29(2)34(3,31)32)13-21(22)33-24(23)16-7-9-18(26)10-8-16/h4-13H,14,27H2,1-3H3,(H,28,30). The number of amides is 1. The van der Waals surface area contributed by atoms with E-state index >= 15 is 0 Å². The van der Waals surface area contributed by atoms with E-state index in [4.69, 9.17) is 10.2 Å². The van der Waals surface area contributed by atoms with Crippen LogP contribution in [0.4, 0.5) is 10.1 Å². The number of hydrogen-bond acceptors (Lipinski definition) is 5. The molecule has 0 radical (unpaired) electrons. The molecule has 0 aliphatic heterocycles. The monoisotopic (exact) mass is 481 g/mol. The second-order valence-electron chi connectivity index (χ2n) is 7.89. The Morgan fingerprint density at radius 1 is 1.09 bits per heavy atom. The van der Waals surface area contributed by atoms with Crippen molar-refractivity contribution in [2.45, 2.75) is 6.54 Å². The van der Waals surface area contributed by atoms with Crippen LogP contribution in [0.1, 0.15) is 15.9 Å². The van der Waals surface area contributed by atoms with Crippen molar-refractivity contribution in [1.82, 2.24) is 5.32 Å². The molecule has 1 amide bonds. The molecule has 0 spiro atoms. The summed E-state index contributed by atoms with van der Waals surface area (Å²) >= 11 is 0. The van der Waals surface area contributed by atoms with E-state index < -0.39 is 21.7 Å². The van der Waals surface area contributed by atoms with E-state index in [1.54, 1.807) is 12.1 Å². The summed E-state index contributed by atoms with van der Waals surface area (Å²) in [6, 6.07) is 16.4. The topological polar surface area (TPSA) is 106 Å². The van der Waals surface area contributed by atoms with Crippen molar-refractivity contribution in [1.29, 1.82) is 0 Å². The molecule has 0 aliphatic rings. The molecule has 0 atom stereocenters. The number of nitrogens with one attached hydrogen (secondary N) is 1. The second-order valence-corrected chi connectivity index (χ2v) is 9.91. The first-order valence-corrected chi connectivity index (χ1v) is 12.3. The molecular weight excluding hydrogens is 457 g/mol. The van der Waals surface area contributed by atoms with Crippen molar-refractivity contribution < 1.29 is 22.0 Å². The van der Waals surface area contributed by atoms with Crippen LogP contribution in [0, 0.1) is 5.82 Å². The Morgan fingerprint density at radius 3 is 2.41 bits per heavy atom. The van der Waals surface area contributed by atoms with Crippen molar-refractivity contribution in [3.8, 4) is 22.5 Å². The number of anilines is 1. The molecule has 0 saturated carbocycles. The first-order valence-electron chi connectivity index (χ1n) is 10.5. The van der Waals surface area contributed by atoms with Gasteiger partial charge in [-0.1, -0.05) is 18.2 Å². The number of sulfonamides is 1. The summed E-state index contributed by atoms with van der Waals surface area (Å²) in [6.07, 6.45) is 1.11. The van der Waals surface area contributed by atoms with E-state index in [1.165, 1.54) is 38.4 Å². The SMILES string of the molecule is CNC(=O)c1c(-c2ccc(F)cc2)oc2cc(N(C)S(C)(=O)=O)cc(-c3cccc(CN)c3)c12. The summed E-state index contributed by atoms with van der Waals surface area (Å²) in [4.78, 5) is 13.1. The molecule has 4 aromatic rings. The summed E-state index contributed by atoms with van der Waals surface area (Å²) in [5.41, 5.74) is 9.52. The third-order valence-corrected chi connectivity index (χ3v) is 6.88. The lowest BCUT2D eigenvalue weighted by molar-refractivity contribution is 0.0964. The van der Waals surface area contributed by atoms with Crippen molar-refractivity contribution in [3.63, 3.8) is 0 Å². The van der Waals surface area contributed by atoms with Crippen LogP contribution in [-0.4, -0.2) is 34.7 Å². The van der Waals surface area contributed by atoms with Gasteiger partial charge in [-0.2, -0.15) is 0 Å². The molecule has 7 nitrogen and oxygen atoms in total. The molecule has 4 rings (SSSR count). The third-order valence-electron chi connectivity index (χ3n) is 5.67. The fourth-order valence-corrected chi connectivity index (χ4v) is 4.32. The zero-order valence-electron chi connectivity index (χ0n) is 18.9. The molecule has 0 fully saturated rings. The largest absolute Gasteiger partial charge is 0.455 e. The average Bonchev–Trinajstić information content (AvgIpc) is 3.21. The predicted octanol–water partition coefficient (Wildman–Crippen LogP) is 4.12. The molecule has 0 saturated heterocycles. The molecule has 34 heavy (non-hydrogen) atoms.